The van der Waals surface area contributed by atoms with Crippen LogP contribution in [0.1, 0.15) is 26.3 Å². The van der Waals surface area contributed by atoms with E-state index in [4.69, 9.17) is 11.6 Å². The third kappa shape index (κ3) is 4.82. The third-order valence-corrected chi connectivity index (χ3v) is 3.99. The third-order valence-electron chi connectivity index (χ3n) is 2.69. The number of benzene rings is 1. The molecule has 2 aromatic rings. The number of aromatic nitrogens is 1. The molecule has 0 unspecified atom stereocenters. The smallest absolute Gasteiger partial charge is 0.101 e. The van der Waals surface area contributed by atoms with Gasteiger partial charge in [-0.05, 0) is 50.6 Å². The highest BCUT2D eigenvalue weighted by atomic mass is 35.5. The number of hydrogen-bond donors (Lipinski definition) is 1. The molecule has 0 fully saturated rings. The second-order valence-electron chi connectivity index (χ2n) is 5.63. The van der Waals surface area contributed by atoms with Crippen molar-refractivity contribution in [1.82, 2.24) is 10.3 Å². The van der Waals surface area contributed by atoms with Crippen molar-refractivity contribution in [3.8, 4) is 0 Å². The standard InChI is InChI=1S/C16H19ClN2S/c1-16(2,3)19-11-12-7-8-13(10-14(12)17)20-15-6-4-5-9-18-15/h4-10,19H,11H2,1-3H3. The minimum Gasteiger partial charge on any atom is -0.308 e. The second kappa shape index (κ2) is 6.61. The molecule has 1 N–H and O–H groups in total. The van der Waals surface area contributed by atoms with E-state index in [0.717, 1.165) is 27.1 Å². The van der Waals surface area contributed by atoms with Crippen molar-refractivity contribution in [2.24, 2.45) is 0 Å². The first kappa shape index (κ1) is 15.4. The summed E-state index contributed by atoms with van der Waals surface area (Å²) in [5.41, 5.74) is 1.21. The number of nitrogens with zero attached hydrogens (tertiary/aromatic N) is 1. The van der Waals surface area contributed by atoms with Crippen LogP contribution >= 0.6 is 23.4 Å². The van der Waals surface area contributed by atoms with E-state index >= 15 is 0 Å². The molecule has 0 aliphatic heterocycles. The first-order valence-electron chi connectivity index (χ1n) is 6.56. The Morgan fingerprint density at radius 2 is 2.00 bits per heavy atom. The Morgan fingerprint density at radius 1 is 1.20 bits per heavy atom. The summed E-state index contributed by atoms with van der Waals surface area (Å²) in [5.74, 6) is 0. The molecule has 0 saturated heterocycles. The lowest BCUT2D eigenvalue weighted by Gasteiger charge is -2.21. The molecule has 4 heteroatoms. The summed E-state index contributed by atoms with van der Waals surface area (Å²) in [6, 6.07) is 12.1. The molecule has 0 aliphatic rings. The van der Waals surface area contributed by atoms with E-state index in [2.05, 4.69) is 43.2 Å². The van der Waals surface area contributed by atoms with E-state index < -0.39 is 0 Å². The normalized spacial score (nSPS) is 11.6. The van der Waals surface area contributed by atoms with Crippen LogP contribution in [0.5, 0.6) is 0 Å². The van der Waals surface area contributed by atoms with Crippen LogP contribution in [0, 0.1) is 0 Å². The lowest BCUT2D eigenvalue weighted by Crippen LogP contribution is -2.35. The number of halogens is 1. The Morgan fingerprint density at radius 3 is 2.60 bits per heavy atom. The molecular weight excluding hydrogens is 288 g/mol. The fraction of sp³-hybridized carbons (Fsp3) is 0.312. The highest BCUT2D eigenvalue weighted by Gasteiger charge is 2.10. The van der Waals surface area contributed by atoms with Crippen molar-refractivity contribution in [2.45, 2.75) is 42.8 Å². The zero-order valence-corrected chi connectivity index (χ0v) is 13.6. The predicted molar refractivity (Wildman–Crippen MR) is 86.4 cm³/mol. The number of pyridine rings is 1. The maximum absolute atomic E-state index is 6.35. The van der Waals surface area contributed by atoms with Gasteiger partial charge in [-0.3, -0.25) is 0 Å². The first-order valence-corrected chi connectivity index (χ1v) is 7.76. The molecule has 2 rings (SSSR count). The fourth-order valence-electron chi connectivity index (χ4n) is 1.62. The lowest BCUT2D eigenvalue weighted by atomic mass is 10.1. The van der Waals surface area contributed by atoms with Crippen LogP contribution in [-0.4, -0.2) is 10.5 Å². The minimum atomic E-state index is 0.0880. The Hall–Kier alpha value is -1.03. The van der Waals surface area contributed by atoms with Gasteiger partial charge in [0.15, 0.2) is 0 Å². The Balaban J connectivity index is 2.06. The Bertz CT molecular complexity index is 564. The van der Waals surface area contributed by atoms with Crippen molar-refractivity contribution in [1.29, 1.82) is 0 Å². The molecule has 0 aliphatic carbocycles. The summed E-state index contributed by atoms with van der Waals surface area (Å²) >= 11 is 7.97. The average molecular weight is 307 g/mol. The monoisotopic (exact) mass is 306 g/mol. The zero-order chi connectivity index (χ0) is 14.6. The molecule has 0 radical (unpaired) electrons. The van der Waals surface area contributed by atoms with Crippen molar-refractivity contribution in [3.63, 3.8) is 0 Å². The maximum Gasteiger partial charge on any atom is 0.101 e. The quantitative estimate of drug-likeness (QED) is 0.880. The predicted octanol–water partition coefficient (Wildman–Crippen LogP) is 4.77. The van der Waals surface area contributed by atoms with Crippen LogP contribution in [0.4, 0.5) is 0 Å². The van der Waals surface area contributed by atoms with Gasteiger partial charge < -0.3 is 5.32 Å². The largest absolute Gasteiger partial charge is 0.308 e. The van der Waals surface area contributed by atoms with E-state index in [-0.39, 0.29) is 5.54 Å². The van der Waals surface area contributed by atoms with Gasteiger partial charge in [0.1, 0.15) is 5.03 Å². The molecule has 1 aromatic carbocycles. The molecule has 0 saturated carbocycles. The van der Waals surface area contributed by atoms with E-state index in [0.29, 0.717) is 0 Å². The maximum atomic E-state index is 6.35. The van der Waals surface area contributed by atoms with E-state index in [1.807, 2.05) is 24.3 Å². The second-order valence-corrected chi connectivity index (χ2v) is 7.13. The van der Waals surface area contributed by atoms with Crippen LogP contribution in [-0.2, 0) is 6.54 Å². The molecular formula is C16H19ClN2S. The summed E-state index contributed by atoms with van der Waals surface area (Å²) in [4.78, 5) is 5.41. The summed E-state index contributed by atoms with van der Waals surface area (Å²) in [6.45, 7) is 7.21. The van der Waals surface area contributed by atoms with Crippen molar-refractivity contribution in [3.05, 3.63) is 53.2 Å². The number of rotatable bonds is 4. The van der Waals surface area contributed by atoms with Gasteiger partial charge in [0, 0.05) is 28.2 Å². The van der Waals surface area contributed by atoms with Crippen molar-refractivity contribution < 1.29 is 0 Å². The highest BCUT2D eigenvalue weighted by molar-refractivity contribution is 7.99. The SMILES string of the molecule is CC(C)(C)NCc1ccc(Sc2ccccn2)cc1Cl. The summed E-state index contributed by atoms with van der Waals surface area (Å²) < 4.78 is 0. The molecule has 20 heavy (non-hydrogen) atoms. The molecule has 0 amide bonds. The number of hydrogen-bond acceptors (Lipinski definition) is 3. The van der Waals surface area contributed by atoms with Crippen molar-refractivity contribution >= 4 is 23.4 Å². The summed E-state index contributed by atoms with van der Waals surface area (Å²) in [7, 11) is 0. The van der Waals surface area contributed by atoms with Crippen LogP contribution in [0.3, 0.4) is 0 Å². The number of nitrogens with one attached hydrogen (secondary N) is 1. The lowest BCUT2D eigenvalue weighted by molar-refractivity contribution is 0.424. The van der Waals surface area contributed by atoms with Gasteiger partial charge in [-0.15, -0.1) is 0 Å². The molecule has 0 atom stereocenters. The molecule has 0 bridgehead atoms. The molecule has 2 nitrogen and oxygen atoms in total. The first-order chi connectivity index (χ1) is 9.44. The van der Waals surface area contributed by atoms with Gasteiger partial charge in [0.05, 0.1) is 0 Å². The van der Waals surface area contributed by atoms with Crippen LogP contribution < -0.4 is 5.32 Å². The van der Waals surface area contributed by atoms with Crippen LogP contribution in [0.15, 0.2) is 52.5 Å². The molecule has 1 aromatic heterocycles. The Labute approximate surface area is 130 Å². The fourth-order valence-corrected chi connectivity index (χ4v) is 2.75. The summed E-state index contributed by atoms with van der Waals surface area (Å²) in [6.07, 6.45) is 1.80. The van der Waals surface area contributed by atoms with Gasteiger partial charge in [0.25, 0.3) is 0 Å². The van der Waals surface area contributed by atoms with Gasteiger partial charge in [-0.2, -0.15) is 0 Å². The van der Waals surface area contributed by atoms with Gasteiger partial charge in [-0.25, -0.2) is 4.98 Å². The van der Waals surface area contributed by atoms with E-state index in [1.54, 1.807) is 18.0 Å². The molecule has 1 heterocycles. The van der Waals surface area contributed by atoms with Gasteiger partial charge in [-0.1, -0.05) is 35.5 Å². The van der Waals surface area contributed by atoms with E-state index in [9.17, 15) is 0 Å². The molecule has 0 spiro atoms. The van der Waals surface area contributed by atoms with Gasteiger partial charge in [0.2, 0.25) is 0 Å². The van der Waals surface area contributed by atoms with Crippen molar-refractivity contribution in [2.75, 3.05) is 0 Å². The van der Waals surface area contributed by atoms with Crippen LogP contribution in [0.2, 0.25) is 5.02 Å². The highest BCUT2D eigenvalue weighted by Crippen LogP contribution is 2.29. The summed E-state index contributed by atoms with van der Waals surface area (Å²) in [5, 5.41) is 5.21. The zero-order valence-electron chi connectivity index (χ0n) is 12.0. The molecule has 106 valence electrons. The van der Waals surface area contributed by atoms with E-state index in [1.165, 1.54) is 0 Å². The van der Waals surface area contributed by atoms with Crippen LogP contribution in [0.25, 0.3) is 0 Å². The Kier molecular flexibility index (Phi) is 5.08. The minimum absolute atomic E-state index is 0.0880. The topological polar surface area (TPSA) is 24.9 Å². The average Bonchev–Trinajstić information content (AvgIpc) is 2.38. The van der Waals surface area contributed by atoms with Gasteiger partial charge >= 0.3 is 0 Å².